The number of halogens is 10. The van der Waals surface area contributed by atoms with E-state index in [1.54, 1.807) is 0 Å². The van der Waals surface area contributed by atoms with Crippen LogP contribution in [0, 0.1) is 0 Å². The summed E-state index contributed by atoms with van der Waals surface area (Å²) in [4.78, 5) is 9.48. The summed E-state index contributed by atoms with van der Waals surface area (Å²) in [5, 5.41) is -10.6. The van der Waals surface area contributed by atoms with Crippen LogP contribution in [0.4, 0.5) is 35.1 Å². The molecule has 2 nitrogen and oxygen atoms in total. The van der Waals surface area contributed by atoms with Crippen LogP contribution in [0.5, 0.6) is 0 Å². The molecule has 0 aromatic rings. The molecule has 0 radical (unpaired) electrons. The normalized spacial score (nSPS) is 17.8. The maximum absolute atomic E-state index is 12.5. The summed E-state index contributed by atoms with van der Waals surface area (Å²) in [7, 11) is 0. The molecule has 0 spiro atoms. The second-order valence-electron chi connectivity index (χ2n) is 2.48. The van der Waals surface area contributed by atoms with Crippen molar-refractivity contribution in [2.45, 2.75) is 22.7 Å². The maximum atomic E-state index is 12.5. The Hall–Kier alpha value is -0.350. The first kappa shape index (κ1) is 16.6. The topological polar surface area (TPSA) is 26.3 Å². The Kier molecular flexibility index (Phi) is 4.30. The lowest BCUT2D eigenvalue weighted by molar-refractivity contribution is -0.392. The summed E-state index contributed by atoms with van der Waals surface area (Å²) in [5.41, 5.74) is 0. The van der Waals surface area contributed by atoms with Crippen molar-refractivity contribution in [2.75, 3.05) is 0 Å². The fourth-order valence-electron chi connectivity index (χ4n) is 0.397. The fraction of sp³-hybridized carbons (Fsp3) is 0.800. The average Bonchev–Trinajstić information content (AvgIpc) is 1.98. The van der Waals surface area contributed by atoms with Crippen LogP contribution >= 0.6 is 23.2 Å². The predicted molar refractivity (Wildman–Crippen MR) is 37.6 cm³/mol. The van der Waals surface area contributed by atoms with Gasteiger partial charge in [-0.1, -0.05) is 0 Å². The van der Waals surface area contributed by atoms with Crippen LogP contribution in [0.15, 0.2) is 0 Å². The highest BCUT2D eigenvalue weighted by Crippen LogP contribution is 2.47. The Morgan fingerprint density at radius 3 is 1.53 bits per heavy atom. The summed E-state index contributed by atoms with van der Waals surface area (Å²) >= 11 is 7.83. The average molecular weight is 315 g/mol. The molecule has 0 aliphatic carbocycles. The van der Waals surface area contributed by atoms with E-state index in [2.05, 4.69) is 27.9 Å². The highest BCUT2D eigenvalue weighted by molar-refractivity contribution is 6.31. The molecule has 0 aliphatic heterocycles. The van der Waals surface area contributed by atoms with Crippen molar-refractivity contribution in [2.24, 2.45) is 0 Å². The van der Waals surface area contributed by atoms with Crippen LogP contribution in [0.1, 0.15) is 0 Å². The zero-order valence-electron chi connectivity index (χ0n) is 7.10. The molecule has 0 amide bonds. The molecule has 0 saturated heterocycles. The third kappa shape index (κ3) is 3.32. The molecule has 0 bridgehead atoms. The van der Waals surface area contributed by atoms with Crippen molar-refractivity contribution >= 4 is 29.2 Å². The van der Waals surface area contributed by atoms with Crippen LogP contribution in [0.2, 0.25) is 0 Å². The summed E-state index contributed by atoms with van der Waals surface area (Å²) in [5.74, 6) is -6.21. The smallest absolute Gasteiger partial charge is 0.258 e. The Bertz CT molecular complexity index is 312. The van der Waals surface area contributed by atoms with E-state index in [0.717, 1.165) is 0 Å². The molecule has 12 heteroatoms. The van der Waals surface area contributed by atoms with Crippen molar-refractivity contribution in [1.29, 1.82) is 0 Å². The van der Waals surface area contributed by atoms with E-state index in [4.69, 9.17) is 0 Å². The van der Waals surface area contributed by atoms with Crippen molar-refractivity contribution in [3.63, 3.8) is 0 Å². The minimum atomic E-state index is -6.27. The predicted octanol–water partition coefficient (Wildman–Crippen LogP) is 3.42. The summed E-state index contributed by atoms with van der Waals surface area (Å²) in [6, 6.07) is -3.94. The van der Waals surface area contributed by atoms with Gasteiger partial charge in [-0.2, -0.15) is 35.1 Å². The number of carbonyl (C=O) groups is 1. The number of ether oxygens (including phenoxy) is 1. The molecule has 1 atom stereocenters. The third-order valence-electron chi connectivity index (χ3n) is 1.20. The lowest BCUT2D eigenvalue weighted by atomic mass is 10.3. The molecule has 17 heavy (non-hydrogen) atoms. The first-order valence-corrected chi connectivity index (χ1v) is 4.01. The molecule has 0 fully saturated rings. The van der Waals surface area contributed by atoms with Crippen LogP contribution in [-0.2, 0) is 9.53 Å². The van der Waals surface area contributed by atoms with E-state index in [-0.39, 0.29) is 0 Å². The first-order valence-electron chi connectivity index (χ1n) is 3.25. The fourth-order valence-corrected chi connectivity index (χ4v) is 0.533. The standard InChI is InChI=1S/C5Cl2F8O2/c6-3(11,12)4(7,13)17-5(14,15)2(9,10)1(8)16. The zero-order chi connectivity index (χ0) is 14.3. The molecule has 0 aliphatic rings. The summed E-state index contributed by atoms with van der Waals surface area (Å²) < 4.78 is 99.1. The van der Waals surface area contributed by atoms with E-state index in [0.29, 0.717) is 0 Å². The van der Waals surface area contributed by atoms with Gasteiger partial charge in [0.05, 0.1) is 0 Å². The molecule has 0 heterocycles. The van der Waals surface area contributed by atoms with Crippen LogP contribution in [0.3, 0.4) is 0 Å². The monoisotopic (exact) mass is 314 g/mol. The van der Waals surface area contributed by atoms with E-state index in [1.165, 1.54) is 0 Å². The molecular weight excluding hydrogens is 315 g/mol. The highest BCUT2D eigenvalue weighted by Gasteiger charge is 2.70. The summed E-state index contributed by atoms with van der Waals surface area (Å²) in [6.07, 6.45) is -6.27. The molecule has 0 rings (SSSR count). The lowest BCUT2D eigenvalue weighted by Crippen LogP contribution is -2.53. The van der Waals surface area contributed by atoms with Gasteiger partial charge in [0.15, 0.2) is 0 Å². The number of carbonyl (C=O) groups excluding carboxylic acids is 1. The van der Waals surface area contributed by atoms with Crippen LogP contribution in [0.25, 0.3) is 0 Å². The van der Waals surface area contributed by atoms with Gasteiger partial charge in [0.2, 0.25) is 0 Å². The van der Waals surface area contributed by atoms with Gasteiger partial charge in [-0.15, -0.1) is 0 Å². The zero-order valence-corrected chi connectivity index (χ0v) is 8.61. The molecule has 102 valence electrons. The molecule has 0 aromatic carbocycles. The minimum Gasteiger partial charge on any atom is -0.258 e. The van der Waals surface area contributed by atoms with E-state index < -0.39 is 28.8 Å². The Morgan fingerprint density at radius 2 is 1.29 bits per heavy atom. The third-order valence-corrected chi connectivity index (χ3v) is 1.85. The minimum absolute atomic E-state index is 2.19. The number of hydrogen-bond donors (Lipinski definition) is 0. The SMILES string of the molecule is O=C(F)C(F)(F)C(F)(F)OC(F)(Cl)C(F)(F)Cl. The van der Waals surface area contributed by atoms with Gasteiger partial charge in [0.25, 0.3) is 0 Å². The summed E-state index contributed by atoms with van der Waals surface area (Å²) in [6.45, 7) is 0. The number of rotatable bonds is 5. The number of hydrogen-bond acceptors (Lipinski definition) is 2. The van der Waals surface area contributed by atoms with Gasteiger partial charge in [-0.25, -0.2) is 0 Å². The van der Waals surface area contributed by atoms with E-state index in [1.807, 2.05) is 0 Å². The van der Waals surface area contributed by atoms with Crippen LogP contribution in [-0.4, -0.2) is 28.8 Å². The maximum Gasteiger partial charge on any atom is 0.433 e. The van der Waals surface area contributed by atoms with Crippen LogP contribution < -0.4 is 0 Å². The Labute approximate surface area is 97.4 Å². The first-order chi connectivity index (χ1) is 7.15. The largest absolute Gasteiger partial charge is 0.433 e. The van der Waals surface area contributed by atoms with Gasteiger partial charge < -0.3 is 0 Å². The molecule has 0 N–H and O–H groups in total. The van der Waals surface area contributed by atoms with Gasteiger partial charge in [-0.3, -0.25) is 9.53 Å². The quantitative estimate of drug-likeness (QED) is 0.441. The van der Waals surface area contributed by atoms with Crippen molar-refractivity contribution in [3.8, 4) is 0 Å². The molecule has 0 aromatic heterocycles. The Balaban J connectivity index is 5.20. The van der Waals surface area contributed by atoms with E-state index >= 15 is 0 Å². The van der Waals surface area contributed by atoms with Gasteiger partial charge in [-0.05, 0) is 23.2 Å². The molecule has 0 saturated carbocycles. The molecule has 1 unspecified atom stereocenters. The Morgan fingerprint density at radius 1 is 0.941 bits per heavy atom. The van der Waals surface area contributed by atoms with Crippen molar-refractivity contribution in [3.05, 3.63) is 0 Å². The second-order valence-corrected chi connectivity index (χ2v) is 3.44. The molecular formula is C5Cl2F8O2. The van der Waals surface area contributed by atoms with Crippen molar-refractivity contribution in [1.82, 2.24) is 0 Å². The lowest BCUT2D eigenvalue weighted by Gasteiger charge is -2.29. The highest BCUT2D eigenvalue weighted by atomic mass is 35.5. The second kappa shape index (κ2) is 4.39. The van der Waals surface area contributed by atoms with Gasteiger partial charge in [0.1, 0.15) is 0 Å². The van der Waals surface area contributed by atoms with E-state index in [9.17, 15) is 39.9 Å². The number of alkyl halides is 9. The van der Waals surface area contributed by atoms with Crippen molar-refractivity contribution < 1.29 is 44.7 Å². The van der Waals surface area contributed by atoms with Gasteiger partial charge >= 0.3 is 28.8 Å². The van der Waals surface area contributed by atoms with Gasteiger partial charge in [0, 0.05) is 0 Å².